The monoisotopic (exact) mass is 457 g/mol. The molecular weight excluding hydrogens is 442 g/mol. The van der Waals surface area contributed by atoms with Gasteiger partial charge in [0, 0.05) is 11.6 Å². The summed E-state index contributed by atoms with van der Waals surface area (Å²) in [6, 6.07) is 15.5. The predicted molar refractivity (Wildman–Crippen MR) is 110 cm³/mol. The topological polar surface area (TPSA) is 77.2 Å². The molecular formula is C23H15F4N3O3. The molecule has 1 unspecified atom stereocenters. The van der Waals surface area contributed by atoms with Gasteiger partial charge in [-0.05, 0) is 31.2 Å². The fraction of sp³-hybridized carbons (Fsp3) is 0.0870. The Bertz CT molecular complexity index is 1290. The SMILES string of the molecule is CC(Oc1ccccc1-c1nnc(-c2ccccc2)o1)C(=O)Nc1c(F)c(F)cc(F)c1F. The van der Waals surface area contributed by atoms with Gasteiger partial charge in [0.15, 0.2) is 29.4 Å². The summed E-state index contributed by atoms with van der Waals surface area (Å²) in [7, 11) is 0. The Balaban J connectivity index is 1.55. The van der Waals surface area contributed by atoms with Crippen LogP contribution < -0.4 is 10.1 Å². The molecule has 1 amide bonds. The number of ether oxygens (including phenoxy) is 1. The third-order valence-electron chi connectivity index (χ3n) is 4.60. The molecule has 0 spiro atoms. The second kappa shape index (κ2) is 9.11. The molecule has 0 fully saturated rings. The lowest BCUT2D eigenvalue weighted by molar-refractivity contribution is -0.122. The Hall–Kier alpha value is -4.21. The van der Waals surface area contributed by atoms with Crippen LogP contribution in [0.3, 0.4) is 0 Å². The molecule has 1 atom stereocenters. The first-order chi connectivity index (χ1) is 15.8. The highest BCUT2D eigenvalue weighted by molar-refractivity contribution is 5.94. The minimum atomic E-state index is -1.73. The zero-order valence-corrected chi connectivity index (χ0v) is 17.0. The average Bonchev–Trinajstić information content (AvgIpc) is 3.31. The maximum absolute atomic E-state index is 13.9. The van der Waals surface area contributed by atoms with Crippen LogP contribution in [0.15, 0.2) is 65.1 Å². The first-order valence-corrected chi connectivity index (χ1v) is 9.64. The van der Waals surface area contributed by atoms with E-state index >= 15 is 0 Å². The van der Waals surface area contributed by atoms with Gasteiger partial charge in [0.25, 0.3) is 11.8 Å². The van der Waals surface area contributed by atoms with Crippen molar-refractivity contribution in [2.45, 2.75) is 13.0 Å². The molecule has 0 saturated carbocycles. The number of carbonyl (C=O) groups excluding carboxylic acids is 1. The lowest BCUT2D eigenvalue weighted by Gasteiger charge is -2.17. The van der Waals surface area contributed by atoms with E-state index in [0.29, 0.717) is 11.1 Å². The number of nitrogens with zero attached hydrogens (tertiary/aromatic N) is 2. The summed E-state index contributed by atoms with van der Waals surface area (Å²) in [6.45, 7) is 1.29. The van der Waals surface area contributed by atoms with Crippen LogP contribution in [0.2, 0.25) is 0 Å². The second-order valence-electron chi connectivity index (χ2n) is 6.87. The molecule has 0 aliphatic heterocycles. The van der Waals surface area contributed by atoms with Crippen LogP contribution in [0.5, 0.6) is 5.75 Å². The molecule has 1 N–H and O–H groups in total. The van der Waals surface area contributed by atoms with E-state index < -0.39 is 41.0 Å². The summed E-state index contributed by atoms with van der Waals surface area (Å²) in [4.78, 5) is 12.4. The number of hydrogen-bond donors (Lipinski definition) is 1. The fourth-order valence-electron chi connectivity index (χ4n) is 2.93. The number of hydrogen-bond acceptors (Lipinski definition) is 5. The Kier molecular flexibility index (Phi) is 6.07. The summed E-state index contributed by atoms with van der Waals surface area (Å²) in [5.41, 5.74) is -0.180. The quantitative estimate of drug-likeness (QED) is 0.311. The van der Waals surface area contributed by atoms with Gasteiger partial charge in [-0.25, -0.2) is 17.6 Å². The Morgan fingerprint density at radius 1 is 0.909 bits per heavy atom. The summed E-state index contributed by atoms with van der Waals surface area (Å²) in [6.07, 6.45) is -1.31. The normalized spacial score (nSPS) is 11.8. The maximum Gasteiger partial charge on any atom is 0.265 e. The molecule has 0 aliphatic carbocycles. The number of benzene rings is 3. The van der Waals surface area contributed by atoms with Crippen LogP contribution in [-0.2, 0) is 4.79 Å². The number of nitrogens with one attached hydrogen (secondary N) is 1. The molecule has 6 nitrogen and oxygen atoms in total. The van der Waals surface area contributed by atoms with Crippen LogP contribution in [0.4, 0.5) is 23.2 Å². The van der Waals surface area contributed by atoms with Crippen molar-refractivity contribution in [3.8, 4) is 28.7 Å². The van der Waals surface area contributed by atoms with Crippen LogP contribution in [-0.4, -0.2) is 22.2 Å². The molecule has 10 heteroatoms. The van der Waals surface area contributed by atoms with Crippen LogP contribution in [0.1, 0.15) is 6.92 Å². The molecule has 0 aliphatic rings. The van der Waals surface area contributed by atoms with Gasteiger partial charge in [0.05, 0.1) is 5.56 Å². The van der Waals surface area contributed by atoms with Crippen molar-refractivity contribution in [1.29, 1.82) is 0 Å². The number of halogens is 4. The zero-order chi connectivity index (χ0) is 23.5. The highest BCUT2D eigenvalue weighted by Gasteiger charge is 2.25. The van der Waals surface area contributed by atoms with Gasteiger partial charge in [-0.15, -0.1) is 10.2 Å². The Labute approximate surface area is 184 Å². The summed E-state index contributed by atoms with van der Waals surface area (Å²) < 4.78 is 65.8. The zero-order valence-electron chi connectivity index (χ0n) is 17.0. The minimum absolute atomic E-state index is 0.0462. The molecule has 0 bridgehead atoms. The van der Waals surface area contributed by atoms with E-state index in [4.69, 9.17) is 9.15 Å². The molecule has 168 valence electrons. The van der Waals surface area contributed by atoms with Crippen molar-refractivity contribution < 1.29 is 31.5 Å². The highest BCUT2D eigenvalue weighted by atomic mass is 19.2. The van der Waals surface area contributed by atoms with Crippen molar-refractivity contribution in [3.63, 3.8) is 0 Å². The van der Waals surface area contributed by atoms with Crippen molar-refractivity contribution in [2.75, 3.05) is 5.32 Å². The highest BCUT2D eigenvalue weighted by Crippen LogP contribution is 2.32. The van der Waals surface area contributed by atoms with Crippen LogP contribution in [0, 0.1) is 23.3 Å². The second-order valence-corrected chi connectivity index (χ2v) is 6.87. The number of rotatable bonds is 6. The van der Waals surface area contributed by atoms with E-state index in [1.807, 2.05) is 23.5 Å². The minimum Gasteiger partial charge on any atom is -0.480 e. The third-order valence-corrected chi connectivity index (χ3v) is 4.60. The van der Waals surface area contributed by atoms with Crippen molar-refractivity contribution in [2.24, 2.45) is 0 Å². The van der Waals surface area contributed by atoms with Gasteiger partial charge in [-0.1, -0.05) is 30.3 Å². The van der Waals surface area contributed by atoms with Gasteiger partial charge < -0.3 is 14.5 Å². The number of aromatic nitrogens is 2. The number of anilines is 1. The maximum atomic E-state index is 13.9. The Morgan fingerprint density at radius 2 is 1.52 bits per heavy atom. The Morgan fingerprint density at radius 3 is 2.21 bits per heavy atom. The van der Waals surface area contributed by atoms with Crippen molar-refractivity contribution in [1.82, 2.24) is 10.2 Å². The van der Waals surface area contributed by atoms with Crippen molar-refractivity contribution in [3.05, 3.63) is 83.9 Å². The third kappa shape index (κ3) is 4.54. The van der Waals surface area contributed by atoms with E-state index in [1.165, 1.54) is 13.0 Å². The number of carbonyl (C=O) groups is 1. The molecule has 0 saturated heterocycles. The van der Waals surface area contributed by atoms with Gasteiger partial charge in [-0.3, -0.25) is 4.79 Å². The molecule has 3 aromatic carbocycles. The van der Waals surface area contributed by atoms with E-state index in [9.17, 15) is 22.4 Å². The van der Waals surface area contributed by atoms with Crippen LogP contribution in [0.25, 0.3) is 22.9 Å². The fourth-order valence-corrected chi connectivity index (χ4v) is 2.93. The average molecular weight is 457 g/mol. The molecule has 33 heavy (non-hydrogen) atoms. The van der Waals surface area contributed by atoms with E-state index in [2.05, 4.69) is 10.2 Å². The molecule has 0 radical (unpaired) electrons. The van der Waals surface area contributed by atoms with Crippen LogP contribution >= 0.6 is 0 Å². The first-order valence-electron chi connectivity index (χ1n) is 9.64. The largest absolute Gasteiger partial charge is 0.480 e. The van der Waals surface area contributed by atoms with Gasteiger partial charge >= 0.3 is 0 Å². The smallest absolute Gasteiger partial charge is 0.265 e. The lowest BCUT2D eigenvalue weighted by atomic mass is 10.2. The summed E-state index contributed by atoms with van der Waals surface area (Å²) >= 11 is 0. The summed E-state index contributed by atoms with van der Waals surface area (Å²) in [5.74, 6) is -7.24. The number of amides is 1. The molecule has 1 heterocycles. The molecule has 1 aromatic heterocycles. The predicted octanol–water partition coefficient (Wildman–Crippen LogP) is 5.37. The van der Waals surface area contributed by atoms with E-state index in [-0.39, 0.29) is 23.6 Å². The van der Waals surface area contributed by atoms with Gasteiger partial charge in [0.2, 0.25) is 5.89 Å². The standard InChI is InChI=1S/C23H15F4N3O3/c1-12(21(31)28-20-18(26)15(24)11-16(25)19(20)27)32-17-10-6-5-9-14(17)23-30-29-22(33-23)13-7-3-2-4-8-13/h2-12H,1H3,(H,28,31). The molecule has 4 rings (SSSR count). The van der Waals surface area contributed by atoms with E-state index in [0.717, 1.165) is 0 Å². The molecule has 4 aromatic rings. The number of para-hydroxylation sites is 1. The van der Waals surface area contributed by atoms with Crippen molar-refractivity contribution >= 4 is 11.6 Å². The van der Waals surface area contributed by atoms with Gasteiger partial charge in [0.1, 0.15) is 11.4 Å². The van der Waals surface area contributed by atoms with E-state index in [1.54, 1.807) is 30.3 Å². The van der Waals surface area contributed by atoms with Gasteiger partial charge in [-0.2, -0.15) is 0 Å². The lowest BCUT2D eigenvalue weighted by Crippen LogP contribution is -2.31. The first kappa shape index (κ1) is 22.0. The summed E-state index contributed by atoms with van der Waals surface area (Å²) in [5, 5.41) is 9.83.